The van der Waals surface area contributed by atoms with E-state index < -0.39 is 177 Å². The molecule has 24 nitrogen and oxygen atoms in total. The van der Waals surface area contributed by atoms with Gasteiger partial charge < -0.3 is 102 Å². The van der Waals surface area contributed by atoms with Gasteiger partial charge in [0, 0.05) is 13.3 Å². The molecule has 0 radical (unpaired) electrons. The molecule has 24 heteroatoms. The highest BCUT2D eigenvalue weighted by Gasteiger charge is 2.58. The second-order valence-electron chi connectivity index (χ2n) is 21.9. The summed E-state index contributed by atoms with van der Waals surface area (Å²) in [4.78, 5) is 39.6. The van der Waals surface area contributed by atoms with Crippen LogP contribution in [0.5, 0.6) is 0 Å². The van der Waals surface area contributed by atoms with Crippen LogP contribution in [-0.2, 0) is 76.0 Å². The van der Waals surface area contributed by atoms with E-state index in [4.69, 9.17) is 61.6 Å². The SMILES string of the molecule is CCCCC[C@H]1CCCCCCCCCC(=O)O[C@H]2[C@H](O[C@H]3[C@H](O1)O[C@H](C)[C@H](O)[C@@H]3O)O[C@@H](C)[C@H](O[C@@H]1O[C@@H](C)[C@H](O[C@@H]3O[C@@H](C)[C@H](OC(C)=O)[C@@H](O)[C@H]3O)[C@@H](O[C@@H]3O[C@@H](C)[C@H](O)[C@@H](O)[C@H]3O)[C@H]1OC(=O)[C@H](C)CC)[C@H]2O. The fourth-order valence-corrected chi connectivity index (χ4v) is 10.7. The van der Waals surface area contributed by atoms with Gasteiger partial charge in [0.25, 0.3) is 0 Å². The molecule has 6 saturated heterocycles. The van der Waals surface area contributed by atoms with Gasteiger partial charge >= 0.3 is 17.9 Å². The van der Waals surface area contributed by atoms with Crippen LogP contribution in [0.4, 0.5) is 0 Å². The molecule has 6 aliphatic heterocycles. The largest absolute Gasteiger partial charge is 0.457 e. The van der Waals surface area contributed by atoms with Gasteiger partial charge in [0.05, 0.1) is 42.5 Å². The molecular weight excluding hydrogens is 1020 g/mol. The maximum absolute atomic E-state index is 14.0. The van der Waals surface area contributed by atoms with Crippen molar-refractivity contribution in [3.8, 4) is 0 Å². The smallest absolute Gasteiger partial charge is 0.309 e. The second-order valence-corrected chi connectivity index (χ2v) is 21.9. The molecular formula is C53H90O24. The quantitative estimate of drug-likeness (QED) is 0.0693. The van der Waals surface area contributed by atoms with Gasteiger partial charge in [-0.25, -0.2) is 0 Å². The third-order valence-corrected chi connectivity index (χ3v) is 15.7. The zero-order valence-corrected chi connectivity index (χ0v) is 46.1. The summed E-state index contributed by atoms with van der Waals surface area (Å²) in [5.41, 5.74) is 0. The van der Waals surface area contributed by atoms with Crippen molar-refractivity contribution < 1.29 is 117 Å². The Morgan fingerprint density at radius 1 is 0.519 bits per heavy atom. The molecule has 27 atom stereocenters. The summed E-state index contributed by atoms with van der Waals surface area (Å²) >= 11 is 0. The first kappa shape index (κ1) is 63.9. The highest BCUT2D eigenvalue weighted by atomic mass is 16.8. The van der Waals surface area contributed by atoms with Crippen molar-refractivity contribution in [3.05, 3.63) is 0 Å². The number of aliphatic hydroxyl groups excluding tert-OH is 8. The van der Waals surface area contributed by atoms with Crippen LogP contribution in [-0.4, -0.2) is 218 Å². The number of unbranched alkanes of at least 4 members (excludes halogenated alkanes) is 2. The third-order valence-electron chi connectivity index (χ3n) is 15.7. The lowest BCUT2D eigenvalue weighted by molar-refractivity contribution is -0.399. The molecule has 6 rings (SSSR count). The molecule has 446 valence electrons. The molecule has 0 spiro atoms. The summed E-state index contributed by atoms with van der Waals surface area (Å²) in [5, 5.41) is 90.6. The van der Waals surface area contributed by atoms with E-state index >= 15 is 0 Å². The minimum atomic E-state index is -1.90. The van der Waals surface area contributed by atoms with Gasteiger partial charge in [0.15, 0.2) is 49.8 Å². The van der Waals surface area contributed by atoms with Crippen molar-refractivity contribution in [2.75, 3.05) is 0 Å². The van der Waals surface area contributed by atoms with Crippen LogP contribution in [0.15, 0.2) is 0 Å². The first-order valence-corrected chi connectivity index (χ1v) is 28.1. The third kappa shape index (κ3) is 16.2. The Hall–Kier alpha value is -2.31. The molecule has 0 bridgehead atoms. The predicted molar refractivity (Wildman–Crippen MR) is 265 cm³/mol. The second kappa shape index (κ2) is 29.6. The maximum atomic E-state index is 14.0. The zero-order valence-electron chi connectivity index (χ0n) is 46.1. The Morgan fingerprint density at radius 2 is 1.05 bits per heavy atom. The minimum absolute atomic E-state index is 0.0239. The highest BCUT2D eigenvalue weighted by Crippen LogP contribution is 2.39. The summed E-state index contributed by atoms with van der Waals surface area (Å²) in [6, 6.07) is 0. The molecule has 77 heavy (non-hydrogen) atoms. The van der Waals surface area contributed by atoms with Crippen LogP contribution in [0.2, 0.25) is 0 Å². The molecule has 0 amide bonds. The van der Waals surface area contributed by atoms with E-state index in [-0.39, 0.29) is 12.5 Å². The van der Waals surface area contributed by atoms with Crippen LogP contribution in [0.25, 0.3) is 0 Å². The van der Waals surface area contributed by atoms with Crippen molar-refractivity contribution in [2.45, 2.75) is 312 Å². The summed E-state index contributed by atoms with van der Waals surface area (Å²) < 4.78 is 80.8. The van der Waals surface area contributed by atoms with E-state index in [0.717, 1.165) is 71.1 Å². The lowest BCUT2D eigenvalue weighted by atomic mass is 9.95. The van der Waals surface area contributed by atoms with E-state index in [1.54, 1.807) is 20.8 Å². The summed E-state index contributed by atoms with van der Waals surface area (Å²) in [6.45, 7) is 14.1. The molecule has 6 fully saturated rings. The summed E-state index contributed by atoms with van der Waals surface area (Å²) in [6.07, 6.45) is -27.6. The topological polar surface area (TPSA) is 333 Å². The van der Waals surface area contributed by atoms with Crippen LogP contribution in [0, 0.1) is 5.92 Å². The molecule has 0 unspecified atom stereocenters. The number of rotatable bonds is 14. The molecule has 6 aliphatic rings. The number of ether oxygens (including phenoxy) is 13. The Kier molecular flexibility index (Phi) is 24.6. The highest BCUT2D eigenvalue weighted by molar-refractivity contribution is 5.72. The number of esters is 3. The zero-order chi connectivity index (χ0) is 56.4. The number of fused-ring (bicyclic) bond motifs is 2. The number of aliphatic hydroxyl groups is 8. The van der Waals surface area contributed by atoms with Crippen molar-refractivity contribution in [3.63, 3.8) is 0 Å². The van der Waals surface area contributed by atoms with Crippen LogP contribution < -0.4 is 0 Å². The summed E-state index contributed by atoms with van der Waals surface area (Å²) in [5.74, 6) is -2.98. The van der Waals surface area contributed by atoms with E-state index in [1.807, 2.05) is 0 Å². The Morgan fingerprint density at radius 3 is 1.71 bits per heavy atom. The van der Waals surface area contributed by atoms with Gasteiger partial charge in [-0.1, -0.05) is 78.6 Å². The normalized spacial score (nSPS) is 45.5. The molecule has 8 N–H and O–H groups in total. The fraction of sp³-hybridized carbons (Fsp3) is 0.943. The Labute approximate surface area is 451 Å². The molecule has 0 aromatic heterocycles. The lowest BCUT2D eigenvalue weighted by Crippen LogP contribution is -2.68. The van der Waals surface area contributed by atoms with Crippen LogP contribution in [0.1, 0.15) is 152 Å². The van der Waals surface area contributed by atoms with E-state index in [9.17, 15) is 55.2 Å². The van der Waals surface area contributed by atoms with Crippen molar-refractivity contribution in [2.24, 2.45) is 5.92 Å². The summed E-state index contributed by atoms with van der Waals surface area (Å²) in [7, 11) is 0. The molecule has 0 saturated carbocycles. The molecule has 0 aromatic carbocycles. The van der Waals surface area contributed by atoms with Gasteiger partial charge in [0.1, 0.15) is 73.2 Å². The monoisotopic (exact) mass is 1110 g/mol. The number of carbonyl (C=O) groups is 3. The van der Waals surface area contributed by atoms with Crippen LogP contribution >= 0.6 is 0 Å². The van der Waals surface area contributed by atoms with Crippen molar-refractivity contribution in [1.29, 1.82) is 0 Å². The van der Waals surface area contributed by atoms with E-state index in [2.05, 4.69) is 6.92 Å². The van der Waals surface area contributed by atoms with Gasteiger partial charge in [-0.3, -0.25) is 14.4 Å². The van der Waals surface area contributed by atoms with Crippen molar-refractivity contribution in [1.82, 2.24) is 0 Å². The van der Waals surface area contributed by atoms with Gasteiger partial charge in [-0.05, 0) is 60.3 Å². The first-order valence-electron chi connectivity index (χ1n) is 28.1. The van der Waals surface area contributed by atoms with Gasteiger partial charge in [-0.15, -0.1) is 0 Å². The number of carbonyl (C=O) groups excluding carboxylic acids is 3. The van der Waals surface area contributed by atoms with E-state index in [0.29, 0.717) is 19.3 Å². The average Bonchev–Trinajstić information content (AvgIpc) is 3.42. The van der Waals surface area contributed by atoms with Crippen molar-refractivity contribution >= 4 is 17.9 Å². The Balaban J connectivity index is 1.35. The van der Waals surface area contributed by atoms with Gasteiger partial charge in [0.2, 0.25) is 0 Å². The standard InChI is InChI=1S/C53H90O24/c1-10-12-18-21-31-22-19-16-14-13-15-17-20-23-32(55)72-45-40(63)42(28(7)68-52(45)76-44-36(59)34(57)26(5)66-51(44)71-31)74-53-47(73-48(64)24(3)11-2)46(77-49-38(61)35(58)33(56)25(4)65-49)43(29(8)69-53)75-50-39(62)37(60)41(27(6)67-50)70-30(9)54/h24-29,31,33-47,49-53,56-63H,10-23H2,1-9H3/t24-,25+,26-,27+,28+,29+,31+,33+,34+,35-,36+,37+,38-,39-,40-,41+,42+,43+,44-,45-,46-,47-,49+,50+,51+,52+,53+/m1/s1. The number of hydrogen-bond donors (Lipinski definition) is 8. The average molecular weight is 1110 g/mol. The Bertz CT molecular complexity index is 1820. The molecule has 0 aliphatic carbocycles. The molecule has 6 heterocycles. The number of hydrogen-bond acceptors (Lipinski definition) is 24. The first-order chi connectivity index (χ1) is 36.6. The van der Waals surface area contributed by atoms with Gasteiger partial charge in [-0.2, -0.15) is 0 Å². The minimum Gasteiger partial charge on any atom is -0.457 e. The lowest BCUT2D eigenvalue weighted by Gasteiger charge is -2.51. The van der Waals surface area contributed by atoms with E-state index in [1.165, 1.54) is 27.7 Å². The van der Waals surface area contributed by atoms with Crippen LogP contribution in [0.3, 0.4) is 0 Å². The molecule has 0 aromatic rings. The fourth-order valence-electron chi connectivity index (χ4n) is 10.7. The maximum Gasteiger partial charge on any atom is 0.309 e. The predicted octanol–water partition coefficient (Wildman–Crippen LogP) is 1.43.